The van der Waals surface area contributed by atoms with Gasteiger partial charge in [-0.15, -0.1) is 0 Å². The number of carbonyl (C=O) groups is 2. The van der Waals surface area contributed by atoms with Crippen LogP contribution in [0.25, 0.3) is 0 Å². The van der Waals surface area contributed by atoms with Crippen molar-refractivity contribution in [3.05, 3.63) is 0 Å². The van der Waals surface area contributed by atoms with E-state index in [9.17, 15) is 19.8 Å². The standard InChI is InChI=1S/C25H48O4.Na.H/c1-3-5-7-9-11-13-15-17-19-21-25(23(26)27,24(28)29)22-20-18-16-14-12-10-8-6-4-2;;/h3-22H2,1-2H3,(H,26,27)(H,28,29);;. The molecule has 0 aromatic carbocycles. The van der Waals surface area contributed by atoms with Gasteiger partial charge in [0.25, 0.3) is 0 Å². The van der Waals surface area contributed by atoms with Crippen LogP contribution in [0.3, 0.4) is 0 Å². The average molecular weight is 437 g/mol. The third-order valence-corrected chi connectivity index (χ3v) is 6.23. The van der Waals surface area contributed by atoms with Gasteiger partial charge in [-0.25, -0.2) is 0 Å². The summed E-state index contributed by atoms with van der Waals surface area (Å²) < 4.78 is 0. The Morgan fingerprint density at radius 3 is 0.967 bits per heavy atom. The van der Waals surface area contributed by atoms with Gasteiger partial charge >= 0.3 is 41.5 Å². The van der Waals surface area contributed by atoms with Crippen molar-refractivity contribution in [2.24, 2.45) is 5.41 Å². The second-order valence-corrected chi connectivity index (χ2v) is 8.85. The molecule has 0 saturated carbocycles. The number of carboxylic acid groups (broad SMARTS) is 2. The minimum absolute atomic E-state index is 0. The molecule has 0 fully saturated rings. The van der Waals surface area contributed by atoms with E-state index in [1.807, 2.05) is 0 Å². The van der Waals surface area contributed by atoms with E-state index in [4.69, 9.17) is 0 Å². The fraction of sp³-hybridized carbons (Fsp3) is 0.920. The van der Waals surface area contributed by atoms with Crippen molar-refractivity contribution in [3.63, 3.8) is 0 Å². The fourth-order valence-electron chi connectivity index (χ4n) is 4.12. The van der Waals surface area contributed by atoms with Crippen molar-refractivity contribution >= 4 is 41.5 Å². The number of rotatable bonds is 22. The number of hydrogen-bond donors (Lipinski definition) is 2. The number of aliphatic carboxylic acids is 2. The zero-order chi connectivity index (χ0) is 21.8. The zero-order valence-corrected chi connectivity index (χ0v) is 19.4. The monoisotopic (exact) mass is 436 g/mol. The Morgan fingerprint density at radius 2 is 0.733 bits per heavy atom. The van der Waals surface area contributed by atoms with Gasteiger partial charge < -0.3 is 10.2 Å². The number of unbranched alkanes of at least 4 members (excludes halogenated alkanes) is 16. The Balaban J connectivity index is 0. The molecule has 0 aromatic heterocycles. The molecule has 5 heteroatoms. The summed E-state index contributed by atoms with van der Waals surface area (Å²) in [4.78, 5) is 23.6. The van der Waals surface area contributed by atoms with E-state index in [2.05, 4.69) is 13.8 Å². The van der Waals surface area contributed by atoms with Crippen LogP contribution in [0.1, 0.15) is 142 Å². The molecule has 0 rings (SSSR count). The summed E-state index contributed by atoms with van der Waals surface area (Å²) in [5.41, 5.74) is -1.58. The van der Waals surface area contributed by atoms with Crippen molar-refractivity contribution < 1.29 is 19.8 Å². The second-order valence-electron chi connectivity index (χ2n) is 8.85. The Kier molecular flexibility index (Phi) is 23.7. The van der Waals surface area contributed by atoms with Gasteiger partial charge in [-0.1, -0.05) is 129 Å². The summed E-state index contributed by atoms with van der Waals surface area (Å²) in [6, 6.07) is 0. The first-order valence-corrected chi connectivity index (χ1v) is 12.5. The molecular weight excluding hydrogens is 387 g/mol. The summed E-state index contributed by atoms with van der Waals surface area (Å²) in [5.74, 6) is -2.30. The first-order chi connectivity index (χ1) is 14.0. The normalized spacial score (nSPS) is 11.3. The van der Waals surface area contributed by atoms with Gasteiger partial charge in [0.05, 0.1) is 0 Å². The first-order valence-electron chi connectivity index (χ1n) is 12.5. The summed E-state index contributed by atoms with van der Waals surface area (Å²) in [6.45, 7) is 4.43. The molecule has 0 aliphatic heterocycles. The van der Waals surface area contributed by atoms with E-state index in [0.29, 0.717) is 12.8 Å². The molecule has 0 heterocycles. The van der Waals surface area contributed by atoms with Crippen LogP contribution in [0.15, 0.2) is 0 Å². The Morgan fingerprint density at radius 1 is 0.500 bits per heavy atom. The number of carboxylic acids is 2. The Bertz CT molecular complexity index is 374. The molecule has 174 valence electrons. The average Bonchev–Trinajstić information content (AvgIpc) is 2.69. The molecule has 0 spiro atoms. The van der Waals surface area contributed by atoms with Crippen LogP contribution in [0, 0.1) is 5.41 Å². The van der Waals surface area contributed by atoms with Crippen LogP contribution in [0.5, 0.6) is 0 Å². The van der Waals surface area contributed by atoms with E-state index in [0.717, 1.165) is 25.7 Å². The van der Waals surface area contributed by atoms with Gasteiger partial charge in [0.2, 0.25) is 0 Å². The van der Waals surface area contributed by atoms with Crippen LogP contribution in [-0.2, 0) is 9.59 Å². The molecule has 0 amide bonds. The van der Waals surface area contributed by atoms with E-state index < -0.39 is 17.4 Å². The molecule has 2 N–H and O–H groups in total. The van der Waals surface area contributed by atoms with Gasteiger partial charge in [0, 0.05) is 0 Å². The van der Waals surface area contributed by atoms with E-state index in [1.54, 1.807) is 0 Å². The van der Waals surface area contributed by atoms with Gasteiger partial charge in [-0.2, -0.15) is 0 Å². The maximum atomic E-state index is 11.8. The first kappa shape index (κ1) is 32.1. The zero-order valence-electron chi connectivity index (χ0n) is 19.4. The van der Waals surface area contributed by atoms with Gasteiger partial charge in [-0.3, -0.25) is 9.59 Å². The Labute approximate surface area is 208 Å². The molecule has 4 nitrogen and oxygen atoms in total. The maximum absolute atomic E-state index is 11.8. The van der Waals surface area contributed by atoms with Crippen molar-refractivity contribution in [1.82, 2.24) is 0 Å². The van der Waals surface area contributed by atoms with Crippen molar-refractivity contribution in [1.29, 1.82) is 0 Å². The van der Waals surface area contributed by atoms with E-state index >= 15 is 0 Å². The Hall–Kier alpha value is -0.0600. The molecule has 0 radical (unpaired) electrons. The molecule has 30 heavy (non-hydrogen) atoms. The van der Waals surface area contributed by atoms with Crippen molar-refractivity contribution in [2.45, 2.75) is 142 Å². The third kappa shape index (κ3) is 15.7. The molecule has 0 aliphatic carbocycles. The van der Waals surface area contributed by atoms with Crippen molar-refractivity contribution in [3.8, 4) is 0 Å². The second kappa shape index (κ2) is 22.1. The summed E-state index contributed by atoms with van der Waals surface area (Å²) >= 11 is 0. The van der Waals surface area contributed by atoms with Gasteiger partial charge in [0.1, 0.15) is 0 Å². The molecule has 0 atom stereocenters. The quantitative estimate of drug-likeness (QED) is 0.106. The summed E-state index contributed by atoms with van der Waals surface area (Å²) in [7, 11) is 0. The SMILES string of the molecule is CCCCCCCCCCCC(CCCCCCCCCCC)(C(=O)O)C(=O)O.[NaH]. The summed E-state index contributed by atoms with van der Waals surface area (Å²) in [6.07, 6.45) is 21.1. The van der Waals surface area contributed by atoms with Crippen LogP contribution >= 0.6 is 0 Å². The van der Waals surface area contributed by atoms with E-state index in [1.165, 1.54) is 77.0 Å². The predicted octanol–water partition coefficient (Wildman–Crippen LogP) is 7.34. The molecule has 0 saturated heterocycles. The molecule has 0 bridgehead atoms. The number of hydrogen-bond acceptors (Lipinski definition) is 2. The van der Waals surface area contributed by atoms with Gasteiger partial charge in [0.15, 0.2) is 5.41 Å². The summed E-state index contributed by atoms with van der Waals surface area (Å²) in [5, 5.41) is 19.3. The van der Waals surface area contributed by atoms with Gasteiger partial charge in [-0.05, 0) is 12.8 Å². The topological polar surface area (TPSA) is 74.6 Å². The van der Waals surface area contributed by atoms with Crippen molar-refractivity contribution in [2.75, 3.05) is 0 Å². The fourth-order valence-corrected chi connectivity index (χ4v) is 4.12. The van der Waals surface area contributed by atoms with Crippen LogP contribution in [-0.4, -0.2) is 51.7 Å². The van der Waals surface area contributed by atoms with Crippen LogP contribution in [0.4, 0.5) is 0 Å². The van der Waals surface area contributed by atoms with Crippen LogP contribution < -0.4 is 0 Å². The van der Waals surface area contributed by atoms with E-state index in [-0.39, 0.29) is 42.4 Å². The third-order valence-electron chi connectivity index (χ3n) is 6.23. The molecule has 0 aliphatic rings. The minimum atomic E-state index is -1.58. The molecular formula is C25H49NaO4. The van der Waals surface area contributed by atoms with Crippen LogP contribution in [0.2, 0.25) is 0 Å². The predicted molar refractivity (Wildman–Crippen MR) is 129 cm³/mol. The molecule has 0 aromatic rings. The molecule has 0 unspecified atom stereocenters.